The fourth-order valence-electron chi connectivity index (χ4n) is 2.53. The Labute approximate surface area is 145 Å². The first-order valence-electron chi connectivity index (χ1n) is 7.38. The van der Waals surface area contributed by atoms with Crippen molar-refractivity contribution in [3.8, 4) is 5.75 Å². The largest absolute Gasteiger partial charge is 0.487 e. The molecule has 0 saturated heterocycles. The second-order valence-corrected chi connectivity index (χ2v) is 6.30. The maximum absolute atomic E-state index is 10.1. The number of ether oxygens (including phenoxy) is 1. The van der Waals surface area contributed by atoms with Crippen molar-refractivity contribution in [3.05, 3.63) is 69.2 Å². The van der Waals surface area contributed by atoms with Crippen molar-refractivity contribution in [1.29, 1.82) is 0 Å². The minimum Gasteiger partial charge on any atom is -0.487 e. The van der Waals surface area contributed by atoms with Crippen LogP contribution in [-0.4, -0.2) is 24.8 Å². The van der Waals surface area contributed by atoms with E-state index in [9.17, 15) is 5.11 Å². The van der Waals surface area contributed by atoms with Crippen LogP contribution in [0.5, 0.6) is 5.75 Å². The molecule has 2 aromatic carbocycles. The molecule has 0 fully saturated rings. The molecule has 0 saturated carbocycles. The number of hydrogen-bond acceptors (Lipinski definition) is 3. The Hall–Kier alpha value is -1.52. The topological polar surface area (TPSA) is 41.5 Å². The lowest BCUT2D eigenvalue weighted by Crippen LogP contribution is -2.26. The monoisotopic (exact) mass is 349 g/mol. The van der Waals surface area contributed by atoms with Gasteiger partial charge in [0.25, 0.3) is 0 Å². The van der Waals surface area contributed by atoms with Crippen LogP contribution in [0.2, 0.25) is 10.0 Å². The number of halogens is 2. The Bertz CT molecular complexity index is 716. The van der Waals surface area contributed by atoms with Crippen LogP contribution in [0.25, 0.3) is 6.08 Å². The zero-order valence-electron chi connectivity index (χ0n) is 12.4. The average molecular weight is 350 g/mol. The van der Waals surface area contributed by atoms with Crippen molar-refractivity contribution < 1.29 is 9.84 Å². The maximum Gasteiger partial charge on any atom is 0.145 e. The summed E-state index contributed by atoms with van der Waals surface area (Å²) in [6, 6.07) is 13.1. The zero-order chi connectivity index (χ0) is 16.2. The summed E-state index contributed by atoms with van der Waals surface area (Å²) in [5.74, 6) is 0.670. The van der Waals surface area contributed by atoms with Crippen LogP contribution in [0.15, 0.2) is 48.0 Å². The molecule has 0 aliphatic carbocycles. The van der Waals surface area contributed by atoms with Crippen LogP contribution in [-0.2, 0) is 0 Å². The van der Waals surface area contributed by atoms with Crippen molar-refractivity contribution >= 4 is 29.3 Å². The lowest BCUT2D eigenvalue weighted by molar-refractivity contribution is 0.175. The molecule has 0 bridgehead atoms. The Balaban J connectivity index is 1.60. The lowest BCUT2D eigenvalue weighted by atomic mass is 10.1. The molecule has 3 rings (SSSR count). The second-order valence-electron chi connectivity index (χ2n) is 5.45. The van der Waals surface area contributed by atoms with Gasteiger partial charge in [0.05, 0.1) is 11.1 Å². The number of aliphatic hydroxyl groups excluding tert-OH is 1. The Morgan fingerprint density at radius 2 is 1.96 bits per heavy atom. The summed E-state index contributed by atoms with van der Waals surface area (Å²) in [4.78, 5) is 0. The van der Waals surface area contributed by atoms with Gasteiger partial charge in [-0.25, -0.2) is 0 Å². The number of rotatable bonds is 5. The molecule has 0 aromatic heterocycles. The Morgan fingerprint density at radius 3 is 2.74 bits per heavy atom. The van der Waals surface area contributed by atoms with Gasteiger partial charge >= 0.3 is 0 Å². The van der Waals surface area contributed by atoms with E-state index in [-0.39, 0.29) is 0 Å². The molecule has 1 aliphatic heterocycles. The molecular weight excluding hydrogens is 333 g/mol. The number of fused-ring (bicyclic) bond motifs is 1. The minimum atomic E-state index is -0.530. The van der Waals surface area contributed by atoms with E-state index in [1.807, 2.05) is 42.5 Å². The van der Waals surface area contributed by atoms with Crippen LogP contribution in [0.1, 0.15) is 17.2 Å². The van der Waals surface area contributed by atoms with E-state index < -0.39 is 6.10 Å². The molecule has 120 valence electrons. The van der Waals surface area contributed by atoms with Gasteiger partial charge in [-0.15, -0.1) is 0 Å². The zero-order valence-corrected chi connectivity index (χ0v) is 13.9. The molecule has 0 amide bonds. The van der Waals surface area contributed by atoms with Gasteiger partial charge < -0.3 is 15.2 Å². The highest BCUT2D eigenvalue weighted by molar-refractivity contribution is 6.36. The third-order valence-corrected chi connectivity index (χ3v) is 4.17. The van der Waals surface area contributed by atoms with E-state index in [2.05, 4.69) is 5.32 Å². The Morgan fingerprint density at radius 1 is 1.17 bits per heavy atom. The first-order valence-corrected chi connectivity index (χ1v) is 8.14. The molecular formula is C18H17Cl2NO2. The van der Waals surface area contributed by atoms with E-state index >= 15 is 0 Å². The van der Waals surface area contributed by atoms with Crippen LogP contribution in [0.4, 0.5) is 0 Å². The number of nitrogens with one attached hydrogen (secondary N) is 1. The quantitative estimate of drug-likeness (QED) is 0.853. The van der Waals surface area contributed by atoms with Crippen molar-refractivity contribution in [3.63, 3.8) is 0 Å². The summed E-state index contributed by atoms with van der Waals surface area (Å²) in [6.07, 6.45) is 1.50. The molecule has 2 N–H and O–H groups in total. The fraction of sp³-hybridized carbons (Fsp3) is 0.222. The molecule has 1 aliphatic rings. The molecule has 1 atom stereocenters. The van der Waals surface area contributed by atoms with Gasteiger partial charge in [0.15, 0.2) is 0 Å². The molecule has 1 heterocycles. The third kappa shape index (κ3) is 4.06. The third-order valence-electron chi connectivity index (χ3n) is 3.67. The van der Waals surface area contributed by atoms with Crippen LogP contribution >= 0.6 is 23.2 Å². The highest BCUT2D eigenvalue weighted by Crippen LogP contribution is 2.36. The van der Waals surface area contributed by atoms with Crippen LogP contribution in [0, 0.1) is 0 Å². The SMILES string of the molecule is O[C@H](CNCC1=Cc2cc(Cl)cc(Cl)c2OC1)c1ccccc1. The molecule has 3 nitrogen and oxygen atoms in total. The fourth-order valence-corrected chi connectivity index (χ4v) is 3.09. The van der Waals surface area contributed by atoms with Crippen LogP contribution in [0.3, 0.4) is 0 Å². The van der Waals surface area contributed by atoms with E-state index in [1.54, 1.807) is 6.07 Å². The molecule has 2 aromatic rings. The van der Waals surface area contributed by atoms with Gasteiger partial charge in [-0.1, -0.05) is 53.5 Å². The van der Waals surface area contributed by atoms with E-state index in [0.717, 1.165) is 16.7 Å². The van der Waals surface area contributed by atoms with Gasteiger partial charge in [-0.3, -0.25) is 0 Å². The van der Waals surface area contributed by atoms with Gasteiger partial charge in [0.2, 0.25) is 0 Å². The maximum atomic E-state index is 10.1. The summed E-state index contributed by atoms with van der Waals surface area (Å²) in [5, 5.41) is 14.5. The first-order chi connectivity index (χ1) is 11.1. The van der Waals surface area contributed by atoms with E-state index in [0.29, 0.717) is 35.5 Å². The summed E-state index contributed by atoms with van der Waals surface area (Å²) in [7, 11) is 0. The molecule has 0 radical (unpaired) electrons. The van der Waals surface area contributed by atoms with E-state index in [1.165, 1.54) is 0 Å². The highest BCUT2D eigenvalue weighted by Gasteiger charge is 2.16. The number of benzene rings is 2. The summed E-state index contributed by atoms with van der Waals surface area (Å²) in [6.45, 7) is 1.58. The van der Waals surface area contributed by atoms with Crippen molar-refractivity contribution in [2.45, 2.75) is 6.10 Å². The first kappa shape index (κ1) is 16.3. The number of hydrogen-bond donors (Lipinski definition) is 2. The molecule has 5 heteroatoms. The van der Waals surface area contributed by atoms with E-state index in [4.69, 9.17) is 27.9 Å². The molecule has 23 heavy (non-hydrogen) atoms. The summed E-state index contributed by atoms with van der Waals surface area (Å²) in [5.41, 5.74) is 2.86. The summed E-state index contributed by atoms with van der Waals surface area (Å²) >= 11 is 12.1. The van der Waals surface area contributed by atoms with Gasteiger partial charge in [0.1, 0.15) is 12.4 Å². The van der Waals surface area contributed by atoms with Crippen LogP contribution < -0.4 is 10.1 Å². The van der Waals surface area contributed by atoms with Gasteiger partial charge in [-0.05, 0) is 29.3 Å². The Kier molecular flexibility index (Phi) is 5.23. The van der Waals surface area contributed by atoms with Crippen molar-refractivity contribution in [2.75, 3.05) is 19.7 Å². The summed E-state index contributed by atoms with van der Waals surface area (Å²) < 4.78 is 5.70. The van der Waals surface area contributed by atoms with Gasteiger partial charge in [0, 0.05) is 23.7 Å². The minimum absolute atomic E-state index is 0.475. The molecule has 0 unspecified atom stereocenters. The smallest absolute Gasteiger partial charge is 0.145 e. The van der Waals surface area contributed by atoms with Gasteiger partial charge in [-0.2, -0.15) is 0 Å². The predicted octanol–water partition coefficient (Wildman–Crippen LogP) is 4.09. The lowest BCUT2D eigenvalue weighted by Gasteiger charge is -2.20. The second kappa shape index (κ2) is 7.37. The average Bonchev–Trinajstić information content (AvgIpc) is 2.55. The highest BCUT2D eigenvalue weighted by atomic mass is 35.5. The van der Waals surface area contributed by atoms with Crippen molar-refractivity contribution in [2.24, 2.45) is 0 Å². The van der Waals surface area contributed by atoms with Crippen molar-refractivity contribution in [1.82, 2.24) is 5.32 Å². The predicted molar refractivity (Wildman–Crippen MR) is 94.2 cm³/mol. The normalized spacial score (nSPS) is 14.7. The number of aliphatic hydroxyl groups is 1. The standard InChI is InChI=1S/C18H17Cl2NO2/c19-15-7-14-6-12(11-23-18(14)16(20)8-15)9-21-10-17(22)13-4-2-1-3-5-13/h1-8,17,21-22H,9-11H2/t17-/m1/s1. The molecule has 0 spiro atoms.